The molecule has 0 fully saturated rings. The van der Waals surface area contributed by atoms with Crippen LogP contribution in [-0.4, -0.2) is 19.7 Å². The minimum Gasteiger partial charge on any atom is -0.258 e. The second-order valence-corrected chi connectivity index (χ2v) is 3.71. The van der Waals surface area contributed by atoms with Crippen LogP contribution in [0.2, 0.25) is 0 Å². The van der Waals surface area contributed by atoms with Crippen LogP contribution >= 0.6 is 0 Å². The third-order valence-corrected chi connectivity index (χ3v) is 2.53. The summed E-state index contributed by atoms with van der Waals surface area (Å²) in [6.45, 7) is 3.18. The Balaban J connectivity index is 2.55. The molecule has 18 heavy (non-hydrogen) atoms. The molecule has 0 amide bonds. The summed E-state index contributed by atoms with van der Waals surface area (Å²) < 4.78 is 1.40. The molecule has 2 heterocycles. The van der Waals surface area contributed by atoms with Crippen LogP contribution in [0.15, 0.2) is 18.3 Å². The number of nitriles is 1. The molecule has 2 aromatic rings. The molecule has 0 bridgehead atoms. The zero-order chi connectivity index (χ0) is 13.3. The van der Waals surface area contributed by atoms with Gasteiger partial charge in [0.1, 0.15) is 17.5 Å². The van der Waals surface area contributed by atoms with Gasteiger partial charge in [0, 0.05) is 6.20 Å². The van der Waals surface area contributed by atoms with Crippen molar-refractivity contribution in [3.05, 3.63) is 45.4 Å². The Bertz CT molecular complexity index is 651. The maximum absolute atomic E-state index is 10.9. The van der Waals surface area contributed by atoms with E-state index >= 15 is 0 Å². The third-order valence-electron chi connectivity index (χ3n) is 2.53. The Morgan fingerprint density at radius 2 is 2.17 bits per heavy atom. The monoisotopic (exact) mass is 243 g/mol. The Labute approximate surface area is 102 Å². The predicted octanol–water partition coefficient (Wildman–Crippen LogP) is 1.66. The van der Waals surface area contributed by atoms with Gasteiger partial charge in [0.2, 0.25) is 0 Å². The fourth-order valence-corrected chi connectivity index (χ4v) is 1.70. The number of aryl methyl sites for hydroxylation is 1. The zero-order valence-corrected chi connectivity index (χ0v) is 9.78. The molecule has 2 aromatic heterocycles. The van der Waals surface area contributed by atoms with Gasteiger partial charge in [0.15, 0.2) is 5.82 Å². The normalized spacial score (nSPS) is 10.1. The van der Waals surface area contributed by atoms with E-state index in [2.05, 4.69) is 10.1 Å². The lowest BCUT2D eigenvalue weighted by Crippen LogP contribution is -2.02. The summed E-state index contributed by atoms with van der Waals surface area (Å²) in [4.78, 5) is 14.5. The van der Waals surface area contributed by atoms with Gasteiger partial charge in [-0.3, -0.25) is 10.1 Å². The summed E-state index contributed by atoms with van der Waals surface area (Å²) in [6.07, 6.45) is 1.40. The topological polar surface area (TPSA) is 97.6 Å². The summed E-state index contributed by atoms with van der Waals surface area (Å²) >= 11 is 0. The number of rotatable bonds is 2. The smallest absolute Gasteiger partial charge is 0.258 e. The molecular formula is C11H9N5O2. The Morgan fingerprint density at radius 1 is 1.44 bits per heavy atom. The van der Waals surface area contributed by atoms with Crippen molar-refractivity contribution in [3.63, 3.8) is 0 Å². The number of nitrogens with zero attached hydrogens (tertiary/aromatic N) is 5. The van der Waals surface area contributed by atoms with E-state index in [9.17, 15) is 10.1 Å². The summed E-state index contributed by atoms with van der Waals surface area (Å²) in [5.74, 6) is 0.447. The van der Waals surface area contributed by atoms with Gasteiger partial charge in [-0.2, -0.15) is 10.4 Å². The molecule has 0 aliphatic heterocycles. The van der Waals surface area contributed by atoms with E-state index in [4.69, 9.17) is 5.26 Å². The molecule has 7 heteroatoms. The molecule has 0 atom stereocenters. The summed E-state index contributed by atoms with van der Waals surface area (Å²) in [5.41, 5.74) is 1.16. The van der Waals surface area contributed by atoms with Gasteiger partial charge in [0.05, 0.1) is 10.5 Å². The number of hydrogen-bond acceptors (Lipinski definition) is 5. The molecule has 90 valence electrons. The van der Waals surface area contributed by atoms with Crippen LogP contribution in [0.1, 0.15) is 17.0 Å². The van der Waals surface area contributed by atoms with Gasteiger partial charge >= 0.3 is 5.69 Å². The molecule has 0 saturated carbocycles. The van der Waals surface area contributed by atoms with Gasteiger partial charge in [-0.15, -0.1) is 0 Å². The summed E-state index contributed by atoms with van der Waals surface area (Å²) in [7, 11) is 0. The van der Waals surface area contributed by atoms with E-state index in [-0.39, 0.29) is 5.69 Å². The van der Waals surface area contributed by atoms with Crippen molar-refractivity contribution in [2.45, 2.75) is 13.8 Å². The molecule has 0 aromatic carbocycles. The van der Waals surface area contributed by atoms with Crippen molar-refractivity contribution >= 4 is 5.69 Å². The van der Waals surface area contributed by atoms with E-state index in [1.807, 2.05) is 6.07 Å². The molecule has 2 rings (SSSR count). The van der Waals surface area contributed by atoms with E-state index in [1.54, 1.807) is 26.0 Å². The van der Waals surface area contributed by atoms with E-state index in [0.717, 1.165) is 0 Å². The highest BCUT2D eigenvalue weighted by Crippen LogP contribution is 2.23. The van der Waals surface area contributed by atoms with Gasteiger partial charge in [-0.05, 0) is 26.0 Å². The standard InChI is InChI=1S/C11H9N5O2/c1-7-11(16(17)18)8(2)15(14-7)10-4-3-9(5-12)6-13-10/h3-4,6H,1-2H3. The second kappa shape index (κ2) is 4.25. The van der Waals surface area contributed by atoms with Crippen LogP contribution < -0.4 is 0 Å². The Morgan fingerprint density at radius 3 is 2.61 bits per heavy atom. The van der Waals surface area contributed by atoms with Crippen molar-refractivity contribution in [2.75, 3.05) is 0 Å². The molecular weight excluding hydrogens is 234 g/mol. The fourth-order valence-electron chi connectivity index (χ4n) is 1.70. The van der Waals surface area contributed by atoms with Crippen LogP contribution in [0.4, 0.5) is 5.69 Å². The first-order chi connectivity index (χ1) is 8.54. The lowest BCUT2D eigenvalue weighted by atomic mass is 10.3. The first-order valence-corrected chi connectivity index (χ1v) is 5.11. The molecule has 0 aliphatic rings. The number of nitro groups is 1. The summed E-state index contributed by atoms with van der Waals surface area (Å²) in [5, 5.41) is 23.6. The average Bonchev–Trinajstić information content (AvgIpc) is 2.65. The minimum atomic E-state index is -0.461. The number of pyridine rings is 1. The Hall–Kier alpha value is -2.75. The molecule has 0 radical (unpaired) electrons. The van der Waals surface area contributed by atoms with E-state index < -0.39 is 4.92 Å². The largest absolute Gasteiger partial charge is 0.313 e. The molecule has 0 saturated heterocycles. The van der Waals surface area contributed by atoms with Crippen molar-refractivity contribution in [1.29, 1.82) is 5.26 Å². The fraction of sp³-hybridized carbons (Fsp3) is 0.182. The van der Waals surface area contributed by atoms with E-state index in [1.165, 1.54) is 10.9 Å². The van der Waals surface area contributed by atoms with Crippen molar-refractivity contribution in [2.24, 2.45) is 0 Å². The first kappa shape index (κ1) is 11.7. The molecule has 0 N–H and O–H groups in total. The highest BCUT2D eigenvalue weighted by atomic mass is 16.6. The predicted molar refractivity (Wildman–Crippen MR) is 62.2 cm³/mol. The number of aromatic nitrogens is 3. The first-order valence-electron chi connectivity index (χ1n) is 5.11. The van der Waals surface area contributed by atoms with Crippen molar-refractivity contribution in [3.8, 4) is 11.9 Å². The number of hydrogen-bond donors (Lipinski definition) is 0. The minimum absolute atomic E-state index is 0.0128. The lowest BCUT2D eigenvalue weighted by molar-refractivity contribution is -0.386. The maximum atomic E-state index is 10.9. The van der Waals surface area contributed by atoms with Gasteiger partial charge in [-0.1, -0.05) is 0 Å². The van der Waals surface area contributed by atoms with E-state index in [0.29, 0.717) is 22.8 Å². The van der Waals surface area contributed by atoms with Crippen LogP contribution in [0, 0.1) is 35.3 Å². The molecule has 0 unspecified atom stereocenters. The van der Waals surface area contributed by atoms with Crippen LogP contribution in [0.25, 0.3) is 5.82 Å². The second-order valence-electron chi connectivity index (χ2n) is 3.71. The third kappa shape index (κ3) is 1.80. The van der Waals surface area contributed by atoms with Crippen LogP contribution in [0.5, 0.6) is 0 Å². The zero-order valence-electron chi connectivity index (χ0n) is 9.78. The highest BCUT2D eigenvalue weighted by Gasteiger charge is 2.22. The SMILES string of the molecule is Cc1nn(-c2ccc(C#N)cn2)c(C)c1[N+](=O)[O-]. The average molecular weight is 243 g/mol. The molecule has 7 nitrogen and oxygen atoms in total. The molecule has 0 aliphatic carbocycles. The lowest BCUT2D eigenvalue weighted by Gasteiger charge is -2.01. The maximum Gasteiger partial charge on any atom is 0.313 e. The quantitative estimate of drug-likeness (QED) is 0.590. The highest BCUT2D eigenvalue weighted by molar-refractivity contribution is 5.43. The van der Waals surface area contributed by atoms with Crippen molar-refractivity contribution in [1.82, 2.24) is 14.8 Å². The van der Waals surface area contributed by atoms with Crippen LogP contribution in [0.3, 0.4) is 0 Å². The molecule has 0 spiro atoms. The van der Waals surface area contributed by atoms with Gasteiger partial charge in [-0.25, -0.2) is 9.67 Å². The van der Waals surface area contributed by atoms with Gasteiger partial charge in [0.25, 0.3) is 0 Å². The van der Waals surface area contributed by atoms with Crippen LogP contribution in [-0.2, 0) is 0 Å². The Kier molecular flexibility index (Phi) is 2.77. The summed E-state index contributed by atoms with van der Waals surface area (Å²) in [6, 6.07) is 5.14. The van der Waals surface area contributed by atoms with Gasteiger partial charge < -0.3 is 0 Å². The van der Waals surface area contributed by atoms with Crippen molar-refractivity contribution < 1.29 is 4.92 Å².